The van der Waals surface area contributed by atoms with Crippen molar-refractivity contribution in [3.05, 3.63) is 29.8 Å². The Hall–Kier alpha value is -0.365. The van der Waals surface area contributed by atoms with Crippen molar-refractivity contribution in [1.82, 2.24) is 0 Å². The smallest absolute Gasteiger partial charge is 0.114 e. The quantitative estimate of drug-likeness (QED) is 0.468. The van der Waals surface area contributed by atoms with Gasteiger partial charge in [0.05, 0.1) is 0 Å². The molecule has 2 radical (unpaired) electrons. The van der Waals surface area contributed by atoms with Crippen LogP contribution < -0.4 is 5.46 Å². The summed E-state index contributed by atoms with van der Waals surface area (Å²) in [4.78, 5) is 0. The Morgan fingerprint density at radius 1 is 1.30 bits per heavy atom. The third-order valence-corrected chi connectivity index (χ3v) is 1.66. The first kappa shape index (κ1) is 7.74. The van der Waals surface area contributed by atoms with Gasteiger partial charge >= 0.3 is 0 Å². The highest BCUT2D eigenvalue weighted by atomic mass is 32.1. The summed E-state index contributed by atoms with van der Waals surface area (Å²) in [6.45, 7) is 0. The first-order chi connectivity index (χ1) is 4.84. The van der Waals surface area contributed by atoms with Gasteiger partial charge in [-0.05, 0) is 12.2 Å². The summed E-state index contributed by atoms with van der Waals surface area (Å²) < 4.78 is 0. The van der Waals surface area contributed by atoms with Crippen molar-refractivity contribution in [2.24, 2.45) is 0 Å². The van der Waals surface area contributed by atoms with Crippen molar-refractivity contribution in [1.29, 1.82) is 0 Å². The average Bonchev–Trinajstić information content (AvgIpc) is 1.94. The molecule has 10 heavy (non-hydrogen) atoms. The fraction of sp³-hybridized carbons (Fsp3) is 0.250. The van der Waals surface area contributed by atoms with E-state index in [0.29, 0.717) is 0 Å². The summed E-state index contributed by atoms with van der Waals surface area (Å²) in [5.74, 6) is 0.855. The monoisotopic (exact) mass is 148 g/mol. The third-order valence-electron chi connectivity index (χ3n) is 1.44. The molecule has 0 nitrogen and oxygen atoms in total. The molecule has 2 heteroatoms. The van der Waals surface area contributed by atoms with Crippen LogP contribution in [0.1, 0.15) is 5.56 Å². The molecule has 0 heterocycles. The Morgan fingerprint density at radius 3 is 2.60 bits per heavy atom. The summed E-state index contributed by atoms with van der Waals surface area (Å²) in [5.41, 5.74) is 2.06. The van der Waals surface area contributed by atoms with Crippen molar-refractivity contribution in [3.63, 3.8) is 0 Å². The molecule has 0 aliphatic carbocycles. The second kappa shape index (κ2) is 3.72. The van der Waals surface area contributed by atoms with Gasteiger partial charge in [0.15, 0.2) is 0 Å². The van der Waals surface area contributed by atoms with Gasteiger partial charge in [-0.1, -0.05) is 35.3 Å². The van der Waals surface area contributed by atoms with E-state index in [0.717, 1.165) is 17.6 Å². The van der Waals surface area contributed by atoms with E-state index in [2.05, 4.69) is 12.6 Å². The minimum Gasteiger partial charge on any atom is -0.179 e. The molecule has 50 valence electrons. The van der Waals surface area contributed by atoms with Crippen molar-refractivity contribution in [2.45, 2.75) is 6.42 Å². The van der Waals surface area contributed by atoms with E-state index in [-0.39, 0.29) is 0 Å². The molecular formula is C8H9BS. The number of thiol groups is 1. The van der Waals surface area contributed by atoms with Gasteiger partial charge in [0.2, 0.25) is 0 Å². The average molecular weight is 148 g/mol. The second-order valence-electron chi connectivity index (χ2n) is 2.17. The number of benzene rings is 1. The van der Waals surface area contributed by atoms with Gasteiger partial charge in [-0.15, -0.1) is 0 Å². The maximum absolute atomic E-state index is 5.67. The highest BCUT2D eigenvalue weighted by Crippen LogP contribution is 1.96. The lowest BCUT2D eigenvalue weighted by atomic mass is 9.90. The van der Waals surface area contributed by atoms with Crippen LogP contribution in [0.15, 0.2) is 24.3 Å². The van der Waals surface area contributed by atoms with Crippen LogP contribution in [0.4, 0.5) is 0 Å². The van der Waals surface area contributed by atoms with E-state index in [1.54, 1.807) is 0 Å². The van der Waals surface area contributed by atoms with Gasteiger partial charge < -0.3 is 0 Å². The molecule has 0 saturated heterocycles. The molecule has 1 aromatic rings. The molecule has 0 aromatic heterocycles. The number of aryl methyl sites for hydroxylation is 1. The minimum atomic E-state index is 0.855. The second-order valence-corrected chi connectivity index (χ2v) is 2.62. The molecule has 0 spiro atoms. The Bertz CT molecular complexity index is 210. The number of rotatable bonds is 2. The third kappa shape index (κ3) is 1.81. The lowest BCUT2D eigenvalue weighted by Crippen LogP contribution is -2.09. The normalized spacial score (nSPS) is 9.70. The Balaban J connectivity index is 2.81. The van der Waals surface area contributed by atoms with E-state index in [1.165, 1.54) is 5.56 Å². The van der Waals surface area contributed by atoms with Crippen molar-refractivity contribution in [2.75, 3.05) is 5.75 Å². The van der Waals surface area contributed by atoms with Gasteiger partial charge in [0.1, 0.15) is 7.85 Å². The van der Waals surface area contributed by atoms with Gasteiger partial charge in [-0.25, -0.2) is 0 Å². The van der Waals surface area contributed by atoms with E-state index in [9.17, 15) is 0 Å². The first-order valence-electron chi connectivity index (χ1n) is 3.29. The summed E-state index contributed by atoms with van der Waals surface area (Å²) in [5, 5.41) is 0. The topological polar surface area (TPSA) is 0 Å². The molecule has 0 saturated carbocycles. The van der Waals surface area contributed by atoms with Crippen molar-refractivity contribution >= 4 is 25.9 Å². The van der Waals surface area contributed by atoms with E-state index in [4.69, 9.17) is 7.85 Å². The fourth-order valence-electron chi connectivity index (χ4n) is 0.882. The van der Waals surface area contributed by atoms with Crippen LogP contribution in [0.25, 0.3) is 0 Å². The molecule has 0 N–H and O–H groups in total. The largest absolute Gasteiger partial charge is 0.179 e. The summed E-state index contributed by atoms with van der Waals surface area (Å²) >= 11 is 4.12. The molecule has 0 bridgehead atoms. The predicted molar refractivity (Wildman–Crippen MR) is 49.4 cm³/mol. The molecule has 0 atom stereocenters. The zero-order valence-corrected chi connectivity index (χ0v) is 6.64. The summed E-state index contributed by atoms with van der Waals surface area (Å²) in [6, 6.07) is 7.89. The van der Waals surface area contributed by atoms with Gasteiger partial charge in [-0.3, -0.25) is 0 Å². The zero-order chi connectivity index (χ0) is 7.40. The molecule has 1 rings (SSSR count). The lowest BCUT2D eigenvalue weighted by Gasteiger charge is -2.01. The molecule has 0 fully saturated rings. The fourth-order valence-corrected chi connectivity index (χ4v) is 1.12. The van der Waals surface area contributed by atoms with Gasteiger partial charge in [0.25, 0.3) is 0 Å². The van der Waals surface area contributed by atoms with Crippen LogP contribution in [-0.4, -0.2) is 13.6 Å². The highest BCUT2D eigenvalue weighted by molar-refractivity contribution is 7.80. The number of hydrogen-bond donors (Lipinski definition) is 1. The standard InChI is InChI=1S/C8H9BS/c9-8-4-2-1-3-7(8)5-6-10/h1-4,10H,5-6H2. The molecule has 0 aliphatic heterocycles. The van der Waals surface area contributed by atoms with Crippen LogP contribution in [0.2, 0.25) is 0 Å². The van der Waals surface area contributed by atoms with Gasteiger partial charge in [0, 0.05) is 0 Å². The molecule has 0 amide bonds. The molecule has 0 aliphatic rings. The van der Waals surface area contributed by atoms with Crippen LogP contribution in [0.3, 0.4) is 0 Å². The molecule has 0 unspecified atom stereocenters. The lowest BCUT2D eigenvalue weighted by molar-refractivity contribution is 1.18. The predicted octanol–water partition coefficient (Wildman–Crippen LogP) is 0.953. The van der Waals surface area contributed by atoms with E-state index >= 15 is 0 Å². The number of hydrogen-bond acceptors (Lipinski definition) is 1. The van der Waals surface area contributed by atoms with Crippen LogP contribution >= 0.6 is 12.6 Å². The maximum Gasteiger partial charge on any atom is 0.114 e. The van der Waals surface area contributed by atoms with Gasteiger partial charge in [-0.2, -0.15) is 12.6 Å². The zero-order valence-electron chi connectivity index (χ0n) is 5.75. The van der Waals surface area contributed by atoms with E-state index < -0.39 is 0 Å². The van der Waals surface area contributed by atoms with Crippen LogP contribution in [0.5, 0.6) is 0 Å². The van der Waals surface area contributed by atoms with E-state index in [1.807, 2.05) is 24.3 Å². The molecular weight excluding hydrogens is 139 g/mol. The summed E-state index contributed by atoms with van der Waals surface area (Å²) in [7, 11) is 5.67. The maximum atomic E-state index is 5.67. The SMILES string of the molecule is [B]c1ccccc1CCS. The Labute approximate surface area is 68.5 Å². The first-order valence-corrected chi connectivity index (χ1v) is 3.92. The Kier molecular flexibility index (Phi) is 2.88. The highest BCUT2D eigenvalue weighted by Gasteiger charge is 1.92. The van der Waals surface area contributed by atoms with Crippen molar-refractivity contribution in [3.8, 4) is 0 Å². The van der Waals surface area contributed by atoms with Crippen molar-refractivity contribution < 1.29 is 0 Å². The molecule has 1 aromatic carbocycles. The Morgan fingerprint density at radius 2 is 2.00 bits per heavy atom. The minimum absolute atomic E-state index is 0.855. The van der Waals surface area contributed by atoms with Crippen LogP contribution in [-0.2, 0) is 6.42 Å². The summed E-state index contributed by atoms with van der Waals surface area (Å²) in [6.07, 6.45) is 0.954. The van der Waals surface area contributed by atoms with Crippen LogP contribution in [0, 0.1) is 0 Å².